The third-order valence-corrected chi connectivity index (χ3v) is 5.00. The molecule has 1 amide bonds. The zero-order chi connectivity index (χ0) is 14.1. The van der Waals surface area contributed by atoms with E-state index in [-0.39, 0.29) is 24.2 Å². The summed E-state index contributed by atoms with van der Waals surface area (Å²) >= 11 is 0. The topological polar surface area (TPSA) is 44.8 Å². The van der Waals surface area contributed by atoms with Crippen molar-refractivity contribution in [3.8, 4) is 0 Å². The number of carbonyl (C=O) groups excluding carboxylic acids is 1. The Morgan fingerprint density at radius 2 is 2.10 bits per heavy atom. The van der Waals surface area contributed by atoms with E-state index in [1.54, 1.807) is 0 Å². The van der Waals surface area contributed by atoms with Crippen molar-refractivity contribution >= 4 is 5.91 Å². The van der Waals surface area contributed by atoms with Crippen molar-refractivity contribution in [1.29, 1.82) is 0 Å². The van der Waals surface area contributed by atoms with Crippen LogP contribution in [0.1, 0.15) is 32.6 Å². The molecule has 20 heavy (non-hydrogen) atoms. The number of carbonyl (C=O) groups is 1. The van der Waals surface area contributed by atoms with Crippen LogP contribution in [0.3, 0.4) is 0 Å². The Balaban J connectivity index is 1.66. The van der Waals surface area contributed by atoms with E-state index in [2.05, 4.69) is 22.2 Å². The average Bonchev–Trinajstić information content (AvgIpc) is 3.03. The fraction of sp³-hybridized carbons (Fsp3) is 0.933. The summed E-state index contributed by atoms with van der Waals surface area (Å²) in [5.41, 5.74) is 0. The highest BCUT2D eigenvalue weighted by molar-refractivity contribution is 5.84. The van der Waals surface area contributed by atoms with Crippen molar-refractivity contribution < 1.29 is 9.53 Å². The van der Waals surface area contributed by atoms with Gasteiger partial charge in [0.1, 0.15) is 0 Å². The Kier molecular flexibility index (Phi) is 4.29. The Morgan fingerprint density at radius 3 is 2.80 bits per heavy atom. The quantitative estimate of drug-likeness (QED) is 0.825. The summed E-state index contributed by atoms with van der Waals surface area (Å²) in [6.07, 6.45) is 5.51. The number of nitrogens with one attached hydrogen (secondary N) is 1. The first-order valence-electron chi connectivity index (χ1n) is 8.02. The zero-order valence-corrected chi connectivity index (χ0v) is 12.7. The molecule has 3 aliphatic rings. The van der Waals surface area contributed by atoms with Gasteiger partial charge in [0.15, 0.2) is 0 Å². The molecule has 5 nitrogen and oxygen atoms in total. The lowest BCUT2D eigenvalue weighted by atomic mass is 10.0. The average molecular weight is 281 g/mol. The van der Waals surface area contributed by atoms with Gasteiger partial charge in [0.2, 0.25) is 5.91 Å². The normalized spacial score (nSPS) is 37.0. The van der Waals surface area contributed by atoms with Crippen LogP contribution in [0.5, 0.6) is 0 Å². The molecule has 114 valence electrons. The van der Waals surface area contributed by atoms with Crippen LogP contribution < -0.4 is 5.32 Å². The van der Waals surface area contributed by atoms with Crippen molar-refractivity contribution in [1.82, 2.24) is 15.1 Å². The summed E-state index contributed by atoms with van der Waals surface area (Å²) in [6.45, 7) is 5.42. The molecule has 2 saturated heterocycles. The first kappa shape index (κ1) is 14.3. The molecule has 0 bridgehead atoms. The summed E-state index contributed by atoms with van der Waals surface area (Å²) in [4.78, 5) is 16.8. The van der Waals surface area contributed by atoms with E-state index in [1.807, 2.05) is 6.92 Å². The second-order valence-corrected chi connectivity index (χ2v) is 6.62. The molecule has 0 radical (unpaired) electrons. The molecule has 0 aromatic rings. The molecule has 3 atom stereocenters. The highest BCUT2D eigenvalue weighted by atomic mass is 16.5. The van der Waals surface area contributed by atoms with Crippen molar-refractivity contribution in [2.24, 2.45) is 5.92 Å². The van der Waals surface area contributed by atoms with Gasteiger partial charge in [-0.05, 0) is 32.7 Å². The van der Waals surface area contributed by atoms with Gasteiger partial charge in [0, 0.05) is 19.6 Å². The van der Waals surface area contributed by atoms with E-state index in [9.17, 15) is 4.79 Å². The lowest BCUT2D eigenvalue weighted by molar-refractivity contribution is -0.133. The van der Waals surface area contributed by atoms with Crippen LogP contribution in [0.25, 0.3) is 0 Å². The van der Waals surface area contributed by atoms with Crippen LogP contribution in [0.15, 0.2) is 0 Å². The predicted octanol–water partition coefficient (Wildman–Crippen LogP) is 0.654. The number of likely N-dealkylation sites (N-methyl/N-ethyl adjacent to an activating group) is 1. The second-order valence-electron chi connectivity index (χ2n) is 6.62. The zero-order valence-electron chi connectivity index (χ0n) is 12.7. The van der Waals surface area contributed by atoms with Gasteiger partial charge >= 0.3 is 0 Å². The molecule has 0 aromatic heterocycles. The van der Waals surface area contributed by atoms with Gasteiger partial charge in [-0.3, -0.25) is 10.1 Å². The Bertz CT molecular complexity index is 357. The number of rotatable bonds is 3. The highest BCUT2D eigenvalue weighted by Crippen LogP contribution is 2.32. The molecule has 1 N–H and O–H groups in total. The molecule has 1 saturated carbocycles. The number of morpholine rings is 1. The molecule has 0 spiro atoms. The minimum Gasteiger partial charge on any atom is -0.374 e. The van der Waals surface area contributed by atoms with E-state index >= 15 is 0 Å². The number of nitrogens with zero attached hydrogens (tertiary/aromatic N) is 2. The van der Waals surface area contributed by atoms with E-state index in [1.165, 1.54) is 25.7 Å². The minimum atomic E-state index is -0.0399. The van der Waals surface area contributed by atoms with E-state index < -0.39 is 0 Å². The number of hydrogen-bond donors (Lipinski definition) is 1. The van der Waals surface area contributed by atoms with E-state index in [0.29, 0.717) is 5.92 Å². The predicted molar refractivity (Wildman–Crippen MR) is 77.3 cm³/mol. The van der Waals surface area contributed by atoms with E-state index in [0.717, 1.165) is 26.2 Å². The largest absolute Gasteiger partial charge is 0.374 e. The third kappa shape index (κ3) is 2.85. The van der Waals surface area contributed by atoms with Gasteiger partial charge in [0.05, 0.1) is 24.9 Å². The number of amides is 1. The summed E-state index contributed by atoms with van der Waals surface area (Å²) in [6, 6.07) is -0.0399. The smallest absolute Gasteiger partial charge is 0.240 e. The Hall–Kier alpha value is -0.650. The second kappa shape index (κ2) is 6.00. The van der Waals surface area contributed by atoms with Gasteiger partial charge in [-0.2, -0.15) is 0 Å². The molecular formula is C15H27N3O2. The van der Waals surface area contributed by atoms with E-state index in [4.69, 9.17) is 4.74 Å². The summed E-state index contributed by atoms with van der Waals surface area (Å²) < 4.78 is 5.84. The summed E-state index contributed by atoms with van der Waals surface area (Å²) in [5.74, 6) is 0.879. The summed E-state index contributed by atoms with van der Waals surface area (Å²) in [5, 5.41) is 3.50. The first-order chi connectivity index (χ1) is 9.65. The standard InChI is InChI=1S/C15H27N3O2/c1-11-15(19)18(10-13-9-17(2)7-8-20-13)14(16-11)12-5-3-4-6-12/h11-14,16H,3-10H2,1-2H3. The molecule has 2 heterocycles. The molecule has 5 heteroatoms. The van der Waals surface area contributed by atoms with Gasteiger partial charge in [-0.15, -0.1) is 0 Å². The molecule has 3 fully saturated rings. The molecule has 1 aliphatic carbocycles. The number of ether oxygens (including phenoxy) is 1. The van der Waals surface area contributed by atoms with Crippen LogP contribution in [-0.4, -0.2) is 67.3 Å². The minimum absolute atomic E-state index is 0.0399. The summed E-state index contributed by atoms with van der Waals surface area (Å²) in [7, 11) is 2.12. The lowest BCUT2D eigenvalue weighted by Gasteiger charge is -2.36. The molecule has 3 unspecified atom stereocenters. The van der Waals surface area contributed by atoms with Crippen molar-refractivity contribution in [3.63, 3.8) is 0 Å². The highest BCUT2D eigenvalue weighted by Gasteiger charge is 2.42. The molecule has 2 aliphatic heterocycles. The molecular weight excluding hydrogens is 254 g/mol. The van der Waals surface area contributed by atoms with Crippen LogP contribution in [0, 0.1) is 5.92 Å². The molecule has 0 aromatic carbocycles. The van der Waals surface area contributed by atoms with Crippen LogP contribution in [0.4, 0.5) is 0 Å². The van der Waals surface area contributed by atoms with Crippen LogP contribution in [-0.2, 0) is 9.53 Å². The lowest BCUT2D eigenvalue weighted by Crippen LogP contribution is -2.50. The van der Waals surface area contributed by atoms with Crippen molar-refractivity contribution in [2.75, 3.05) is 33.3 Å². The maximum Gasteiger partial charge on any atom is 0.240 e. The maximum atomic E-state index is 12.4. The Labute approximate surface area is 121 Å². The van der Waals surface area contributed by atoms with Crippen LogP contribution in [0.2, 0.25) is 0 Å². The van der Waals surface area contributed by atoms with Gasteiger partial charge in [-0.1, -0.05) is 12.8 Å². The van der Waals surface area contributed by atoms with Crippen LogP contribution >= 0.6 is 0 Å². The van der Waals surface area contributed by atoms with Gasteiger partial charge in [-0.25, -0.2) is 0 Å². The van der Waals surface area contributed by atoms with Gasteiger partial charge in [0.25, 0.3) is 0 Å². The SMILES string of the molecule is CC1NC(C2CCCC2)N(CC2CN(C)CCO2)C1=O. The third-order valence-electron chi connectivity index (χ3n) is 5.00. The Morgan fingerprint density at radius 1 is 1.35 bits per heavy atom. The maximum absolute atomic E-state index is 12.4. The van der Waals surface area contributed by atoms with Gasteiger partial charge < -0.3 is 14.5 Å². The van der Waals surface area contributed by atoms with Crippen molar-refractivity contribution in [2.45, 2.75) is 50.9 Å². The van der Waals surface area contributed by atoms with Crippen molar-refractivity contribution in [3.05, 3.63) is 0 Å². The first-order valence-corrected chi connectivity index (χ1v) is 8.02. The fourth-order valence-electron chi connectivity index (χ4n) is 3.87. The number of hydrogen-bond acceptors (Lipinski definition) is 4. The monoisotopic (exact) mass is 281 g/mol. The molecule has 3 rings (SSSR count). The fourth-order valence-corrected chi connectivity index (χ4v) is 3.87.